The molecule has 1 saturated carbocycles. The summed E-state index contributed by atoms with van der Waals surface area (Å²) < 4.78 is 0. The van der Waals surface area contributed by atoms with Gasteiger partial charge >= 0.3 is 6.03 Å². The fraction of sp³-hybridized carbons (Fsp3) is 0.462. The largest absolute Gasteiger partial charge is 0.340 e. The van der Waals surface area contributed by atoms with Gasteiger partial charge in [0.25, 0.3) is 0 Å². The Morgan fingerprint density at radius 2 is 1.95 bits per heavy atom. The molecule has 0 spiro atoms. The number of rotatable bonds is 2. The van der Waals surface area contributed by atoms with Crippen LogP contribution < -0.4 is 10.4 Å². The molecule has 2 amide bonds. The van der Waals surface area contributed by atoms with Gasteiger partial charge in [0.05, 0.1) is 15.7 Å². The Labute approximate surface area is 122 Å². The lowest BCUT2D eigenvalue weighted by Gasteiger charge is -2.28. The molecule has 0 bridgehead atoms. The van der Waals surface area contributed by atoms with Gasteiger partial charge in [0.2, 0.25) is 0 Å². The number of nitrogens with one attached hydrogen (secondary N) is 1. The van der Waals surface area contributed by atoms with Crippen molar-refractivity contribution < 1.29 is 4.79 Å². The predicted octanol–water partition coefficient (Wildman–Crippen LogP) is 3.64. The van der Waals surface area contributed by atoms with Crippen LogP contribution in [0.3, 0.4) is 0 Å². The van der Waals surface area contributed by atoms with E-state index >= 15 is 0 Å². The molecule has 0 radical (unpaired) electrons. The van der Waals surface area contributed by atoms with Gasteiger partial charge in [-0.25, -0.2) is 15.2 Å². The molecule has 6 heteroatoms. The van der Waals surface area contributed by atoms with Crippen LogP contribution in [0.4, 0.5) is 10.5 Å². The first kappa shape index (κ1) is 13.0. The zero-order valence-corrected chi connectivity index (χ0v) is 12.3. The first-order chi connectivity index (χ1) is 8.90. The van der Waals surface area contributed by atoms with Gasteiger partial charge in [0.15, 0.2) is 0 Å². The second kappa shape index (κ2) is 4.27. The van der Waals surface area contributed by atoms with Gasteiger partial charge in [-0.3, -0.25) is 0 Å². The molecule has 19 heavy (non-hydrogen) atoms. The summed E-state index contributed by atoms with van der Waals surface area (Å²) in [6, 6.07) is 5.49. The Kier molecular flexibility index (Phi) is 2.93. The Bertz CT molecular complexity index is 543. The summed E-state index contributed by atoms with van der Waals surface area (Å²) >= 11 is 11.9. The van der Waals surface area contributed by atoms with E-state index in [1.165, 1.54) is 0 Å². The van der Waals surface area contributed by atoms with Gasteiger partial charge in [-0.2, -0.15) is 0 Å². The second-order valence-corrected chi connectivity index (χ2v) is 6.30. The summed E-state index contributed by atoms with van der Waals surface area (Å²) in [6.07, 6.45) is 2.15. The Balaban J connectivity index is 1.93. The van der Waals surface area contributed by atoms with Crippen molar-refractivity contribution >= 4 is 34.9 Å². The SMILES string of the molecule is CC1(C)NN(c2ccc(Cl)c(Cl)c2)C(=O)N1C1CC1. The third kappa shape index (κ3) is 2.18. The van der Waals surface area contributed by atoms with E-state index in [9.17, 15) is 4.79 Å². The van der Waals surface area contributed by atoms with Crippen LogP contribution in [0, 0.1) is 0 Å². The summed E-state index contributed by atoms with van der Waals surface area (Å²) in [5.74, 6) is 0. The van der Waals surface area contributed by atoms with Crippen molar-refractivity contribution in [1.82, 2.24) is 10.3 Å². The lowest BCUT2D eigenvalue weighted by Crippen LogP contribution is -2.48. The molecule has 1 aliphatic heterocycles. The highest BCUT2D eigenvalue weighted by atomic mass is 35.5. The number of benzene rings is 1. The zero-order chi connectivity index (χ0) is 13.8. The van der Waals surface area contributed by atoms with Crippen molar-refractivity contribution in [2.24, 2.45) is 0 Å². The number of nitrogens with zero attached hydrogens (tertiary/aromatic N) is 2. The van der Waals surface area contributed by atoms with Crippen LogP contribution in [0.1, 0.15) is 26.7 Å². The van der Waals surface area contributed by atoms with Gasteiger partial charge in [0, 0.05) is 6.04 Å². The minimum Gasteiger partial charge on any atom is -0.301 e. The molecular weight excluding hydrogens is 285 g/mol. The molecule has 4 nitrogen and oxygen atoms in total. The number of hydrazine groups is 1. The van der Waals surface area contributed by atoms with Crippen molar-refractivity contribution in [2.75, 3.05) is 5.01 Å². The van der Waals surface area contributed by atoms with Crippen LogP contribution >= 0.6 is 23.2 Å². The Morgan fingerprint density at radius 1 is 1.26 bits per heavy atom. The van der Waals surface area contributed by atoms with Gasteiger partial charge in [0.1, 0.15) is 5.66 Å². The highest BCUT2D eigenvalue weighted by Gasteiger charge is 2.50. The molecule has 2 aliphatic rings. The molecule has 2 fully saturated rings. The maximum Gasteiger partial charge on any atom is 0.340 e. The summed E-state index contributed by atoms with van der Waals surface area (Å²) in [5, 5.41) is 2.47. The van der Waals surface area contributed by atoms with Gasteiger partial charge < -0.3 is 4.90 Å². The number of halogens is 2. The van der Waals surface area contributed by atoms with E-state index in [4.69, 9.17) is 23.2 Å². The van der Waals surface area contributed by atoms with Crippen LogP contribution in [0.15, 0.2) is 18.2 Å². The summed E-state index contributed by atoms with van der Waals surface area (Å²) in [5.41, 5.74) is 3.54. The molecule has 1 aromatic carbocycles. The monoisotopic (exact) mass is 299 g/mol. The molecule has 0 atom stereocenters. The fourth-order valence-electron chi connectivity index (χ4n) is 2.47. The molecule has 102 valence electrons. The van der Waals surface area contributed by atoms with Crippen molar-refractivity contribution in [1.29, 1.82) is 0 Å². The zero-order valence-electron chi connectivity index (χ0n) is 10.8. The first-order valence-corrected chi connectivity index (χ1v) is 7.02. The molecule has 1 aromatic rings. The molecule has 0 aromatic heterocycles. The molecule has 1 saturated heterocycles. The van der Waals surface area contributed by atoms with E-state index in [1.807, 2.05) is 18.7 Å². The van der Waals surface area contributed by atoms with E-state index < -0.39 is 0 Å². The van der Waals surface area contributed by atoms with Gasteiger partial charge in [-0.05, 0) is 44.9 Å². The molecule has 1 N–H and O–H groups in total. The van der Waals surface area contributed by atoms with E-state index in [0.717, 1.165) is 12.8 Å². The molecule has 1 aliphatic carbocycles. The van der Waals surface area contributed by atoms with Crippen LogP contribution in [-0.4, -0.2) is 22.6 Å². The van der Waals surface area contributed by atoms with Crippen molar-refractivity contribution in [2.45, 2.75) is 38.4 Å². The molecule has 1 heterocycles. The number of carbonyl (C=O) groups excluding carboxylic acids is 1. The third-order valence-corrected chi connectivity index (χ3v) is 4.20. The number of anilines is 1. The van der Waals surface area contributed by atoms with Crippen molar-refractivity contribution in [3.8, 4) is 0 Å². The maximum atomic E-state index is 12.5. The molecular formula is C13H15Cl2N3O. The minimum absolute atomic E-state index is 0.0362. The second-order valence-electron chi connectivity index (χ2n) is 5.49. The highest BCUT2D eigenvalue weighted by molar-refractivity contribution is 6.42. The summed E-state index contributed by atoms with van der Waals surface area (Å²) in [6.45, 7) is 4.00. The number of hydrogen-bond acceptors (Lipinski definition) is 2. The predicted molar refractivity (Wildman–Crippen MR) is 76.4 cm³/mol. The Morgan fingerprint density at radius 3 is 2.53 bits per heavy atom. The standard InChI is InChI=1S/C13H15Cl2N3O/c1-13(2)16-18(12(19)17(13)8-3-4-8)9-5-6-10(14)11(15)7-9/h5-8,16H,3-4H2,1-2H3. The maximum absolute atomic E-state index is 12.5. The quantitative estimate of drug-likeness (QED) is 0.905. The lowest BCUT2D eigenvalue weighted by molar-refractivity contribution is 0.155. The van der Waals surface area contributed by atoms with Gasteiger partial charge in [-0.1, -0.05) is 23.2 Å². The average molecular weight is 300 g/mol. The summed E-state index contributed by atoms with van der Waals surface area (Å²) in [4.78, 5) is 14.4. The molecule has 0 unspecified atom stereocenters. The highest BCUT2D eigenvalue weighted by Crippen LogP contribution is 2.38. The van der Waals surface area contributed by atoms with Crippen LogP contribution in [0.2, 0.25) is 10.0 Å². The third-order valence-electron chi connectivity index (χ3n) is 3.46. The lowest BCUT2D eigenvalue weighted by atomic mass is 10.2. The normalized spacial score (nSPS) is 22.2. The Hall–Kier alpha value is -0.970. The molecule has 3 rings (SSSR count). The van der Waals surface area contributed by atoms with E-state index in [1.54, 1.807) is 23.2 Å². The van der Waals surface area contributed by atoms with E-state index in [2.05, 4.69) is 5.43 Å². The fourth-order valence-corrected chi connectivity index (χ4v) is 2.76. The van der Waals surface area contributed by atoms with Gasteiger partial charge in [-0.15, -0.1) is 0 Å². The van der Waals surface area contributed by atoms with E-state index in [0.29, 0.717) is 21.8 Å². The summed E-state index contributed by atoms with van der Waals surface area (Å²) in [7, 11) is 0. The van der Waals surface area contributed by atoms with Crippen LogP contribution in [0.5, 0.6) is 0 Å². The smallest absolute Gasteiger partial charge is 0.301 e. The first-order valence-electron chi connectivity index (χ1n) is 6.26. The van der Waals surface area contributed by atoms with E-state index in [-0.39, 0.29) is 11.7 Å². The number of urea groups is 1. The topological polar surface area (TPSA) is 35.6 Å². The van der Waals surface area contributed by atoms with Crippen LogP contribution in [0.25, 0.3) is 0 Å². The number of amides is 2. The minimum atomic E-state index is -0.385. The average Bonchev–Trinajstić information content (AvgIpc) is 3.10. The number of hydrogen-bond donors (Lipinski definition) is 1. The number of carbonyl (C=O) groups is 1. The van der Waals surface area contributed by atoms with Crippen LogP contribution in [-0.2, 0) is 0 Å². The van der Waals surface area contributed by atoms with Crippen molar-refractivity contribution in [3.05, 3.63) is 28.2 Å². The van der Waals surface area contributed by atoms with Crippen molar-refractivity contribution in [3.63, 3.8) is 0 Å².